The van der Waals surface area contributed by atoms with E-state index in [-0.39, 0.29) is 24.0 Å². The fourth-order valence-corrected chi connectivity index (χ4v) is 3.07. The lowest BCUT2D eigenvalue weighted by molar-refractivity contribution is 0.119. The molecule has 142 valence electrons. The first-order chi connectivity index (χ1) is 11.6. The van der Waals surface area contributed by atoms with Crippen LogP contribution in [0.4, 0.5) is 0 Å². The lowest BCUT2D eigenvalue weighted by Crippen LogP contribution is -2.51. The van der Waals surface area contributed by atoms with Gasteiger partial charge < -0.3 is 15.5 Å². The summed E-state index contributed by atoms with van der Waals surface area (Å²) >= 11 is 6.03. The third-order valence-corrected chi connectivity index (χ3v) is 4.61. The Bertz CT molecular complexity index is 540. The van der Waals surface area contributed by atoms with Crippen LogP contribution in [0.25, 0.3) is 0 Å². The highest BCUT2D eigenvalue weighted by Crippen LogP contribution is 2.10. The van der Waals surface area contributed by atoms with Crippen LogP contribution in [-0.4, -0.2) is 75.2 Å². The smallest absolute Gasteiger partial charge is 0.191 e. The fraction of sp³-hybridized carbons (Fsp3) is 0.611. The summed E-state index contributed by atoms with van der Waals surface area (Å²) in [5.74, 6) is 0.890. The Morgan fingerprint density at radius 2 is 2.08 bits per heavy atom. The van der Waals surface area contributed by atoms with Crippen molar-refractivity contribution >= 4 is 41.5 Å². The molecule has 1 unspecified atom stereocenters. The van der Waals surface area contributed by atoms with Gasteiger partial charge >= 0.3 is 0 Å². The molecular weight excluding hydrogens is 449 g/mol. The van der Waals surface area contributed by atoms with E-state index in [1.54, 1.807) is 0 Å². The van der Waals surface area contributed by atoms with E-state index in [4.69, 9.17) is 16.6 Å². The molecule has 0 saturated carbocycles. The SMILES string of the molecule is CCNC(=NCC1CN(C)CCN1C)NCCc1cccc(Cl)c1.I. The summed E-state index contributed by atoms with van der Waals surface area (Å²) in [6.07, 6.45) is 0.928. The summed E-state index contributed by atoms with van der Waals surface area (Å²) in [6, 6.07) is 8.49. The summed E-state index contributed by atoms with van der Waals surface area (Å²) < 4.78 is 0. The Hall–Kier alpha value is -0.570. The molecule has 0 radical (unpaired) electrons. The summed E-state index contributed by atoms with van der Waals surface area (Å²) in [5.41, 5.74) is 1.24. The quantitative estimate of drug-likeness (QED) is 0.373. The molecule has 1 aliphatic heterocycles. The number of nitrogens with zero attached hydrogens (tertiary/aromatic N) is 3. The van der Waals surface area contributed by atoms with E-state index in [1.807, 2.05) is 18.2 Å². The van der Waals surface area contributed by atoms with E-state index >= 15 is 0 Å². The summed E-state index contributed by atoms with van der Waals surface area (Å²) in [5, 5.41) is 7.53. The number of guanidine groups is 1. The number of rotatable bonds is 6. The van der Waals surface area contributed by atoms with Crippen LogP contribution in [0, 0.1) is 0 Å². The maximum Gasteiger partial charge on any atom is 0.191 e. The predicted octanol–water partition coefficient (Wildman–Crippen LogP) is 2.30. The molecule has 0 bridgehead atoms. The van der Waals surface area contributed by atoms with Crippen LogP contribution < -0.4 is 10.6 Å². The van der Waals surface area contributed by atoms with Crippen LogP contribution in [-0.2, 0) is 6.42 Å². The van der Waals surface area contributed by atoms with Crippen LogP contribution in [0.1, 0.15) is 12.5 Å². The number of nitrogens with one attached hydrogen (secondary N) is 2. The monoisotopic (exact) mass is 479 g/mol. The minimum atomic E-state index is 0. The Labute approximate surface area is 174 Å². The standard InChI is InChI=1S/C18H30ClN5.HI/c1-4-20-18(21-9-8-15-6-5-7-16(19)12-15)22-13-17-14-23(2)10-11-24(17)3;/h5-7,12,17H,4,8-11,13-14H2,1-3H3,(H2,20,21,22);1H. The van der Waals surface area contributed by atoms with E-state index in [2.05, 4.69) is 47.5 Å². The second-order valence-electron chi connectivity index (χ2n) is 6.42. The molecule has 1 heterocycles. The lowest BCUT2D eigenvalue weighted by atomic mass is 10.1. The Morgan fingerprint density at radius 3 is 2.80 bits per heavy atom. The summed E-state index contributed by atoms with van der Waals surface area (Å²) in [7, 11) is 4.37. The molecule has 1 saturated heterocycles. The van der Waals surface area contributed by atoms with Gasteiger partial charge in [0.1, 0.15) is 0 Å². The second kappa shape index (κ2) is 11.9. The van der Waals surface area contributed by atoms with Crippen molar-refractivity contribution in [2.75, 3.05) is 53.4 Å². The number of halogens is 2. The Morgan fingerprint density at radius 1 is 1.28 bits per heavy atom. The van der Waals surface area contributed by atoms with Crippen molar-refractivity contribution in [3.63, 3.8) is 0 Å². The fourth-order valence-electron chi connectivity index (χ4n) is 2.85. The maximum atomic E-state index is 6.03. The van der Waals surface area contributed by atoms with Crippen LogP contribution in [0.3, 0.4) is 0 Å². The summed E-state index contributed by atoms with van der Waals surface area (Å²) in [4.78, 5) is 9.55. The van der Waals surface area contributed by atoms with Crippen molar-refractivity contribution < 1.29 is 0 Å². The van der Waals surface area contributed by atoms with Gasteiger partial charge in [0.15, 0.2) is 5.96 Å². The highest BCUT2D eigenvalue weighted by Gasteiger charge is 2.21. The number of aliphatic imine (C=N–C) groups is 1. The average Bonchev–Trinajstić information content (AvgIpc) is 2.55. The zero-order valence-electron chi connectivity index (χ0n) is 15.5. The predicted molar refractivity (Wildman–Crippen MR) is 118 cm³/mol. The van der Waals surface area contributed by atoms with E-state index in [0.29, 0.717) is 6.04 Å². The number of benzene rings is 1. The Balaban J connectivity index is 0.00000312. The van der Waals surface area contributed by atoms with Crippen molar-refractivity contribution in [3.8, 4) is 0 Å². The molecule has 1 fully saturated rings. The molecule has 0 spiro atoms. The van der Waals surface area contributed by atoms with E-state index in [0.717, 1.165) is 56.7 Å². The molecule has 7 heteroatoms. The molecular formula is C18H31ClIN5. The summed E-state index contributed by atoms with van der Waals surface area (Å²) in [6.45, 7) is 7.92. The third kappa shape index (κ3) is 8.11. The van der Waals surface area contributed by atoms with E-state index in [9.17, 15) is 0 Å². The van der Waals surface area contributed by atoms with Gasteiger partial charge in [0.25, 0.3) is 0 Å². The first-order valence-corrected chi connectivity index (χ1v) is 9.11. The number of likely N-dealkylation sites (N-methyl/N-ethyl adjacent to an activating group) is 2. The highest BCUT2D eigenvalue weighted by atomic mass is 127. The van der Waals surface area contributed by atoms with Gasteiger partial charge in [0.2, 0.25) is 0 Å². The normalized spacial score (nSPS) is 19.4. The molecule has 25 heavy (non-hydrogen) atoms. The first kappa shape index (κ1) is 22.5. The van der Waals surface area contributed by atoms with Gasteiger partial charge in [-0.05, 0) is 45.1 Å². The molecule has 1 aromatic carbocycles. The molecule has 2 rings (SSSR count). The highest BCUT2D eigenvalue weighted by molar-refractivity contribution is 14.0. The Kier molecular flexibility index (Phi) is 10.7. The molecule has 1 aliphatic rings. The molecule has 0 amide bonds. The van der Waals surface area contributed by atoms with Crippen molar-refractivity contribution in [1.82, 2.24) is 20.4 Å². The number of hydrogen-bond donors (Lipinski definition) is 2. The zero-order chi connectivity index (χ0) is 17.4. The third-order valence-electron chi connectivity index (χ3n) is 4.38. The number of piperazine rings is 1. The van der Waals surface area contributed by atoms with Gasteiger partial charge in [-0.3, -0.25) is 9.89 Å². The molecule has 0 aromatic heterocycles. The van der Waals surface area contributed by atoms with Gasteiger partial charge in [0, 0.05) is 43.8 Å². The molecule has 0 aliphatic carbocycles. The van der Waals surface area contributed by atoms with Gasteiger partial charge in [-0.15, -0.1) is 24.0 Å². The van der Waals surface area contributed by atoms with Crippen molar-refractivity contribution in [3.05, 3.63) is 34.9 Å². The minimum Gasteiger partial charge on any atom is -0.357 e. The molecule has 2 N–H and O–H groups in total. The van der Waals surface area contributed by atoms with Gasteiger partial charge in [-0.25, -0.2) is 0 Å². The largest absolute Gasteiger partial charge is 0.357 e. The molecule has 5 nitrogen and oxygen atoms in total. The van der Waals surface area contributed by atoms with Crippen molar-refractivity contribution in [2.45, 2.75) is 19.4 Å². The van der Waals surface area contributed by atoms with E-state index in [1.165, 1.54) is 5.56 Å². The average molecular weight is 480 g/mol. The van der Waals surface area contributed by atoms with Gasteiger partial charge in [-0.2, -0.15) is 0 Å². The van der Waals surface area contributed by atoms with Gasteiger partial charge in [0.05, 0.1) is 6.54 Å². The number of hydrogen-bond acceptors (Lipinski definition) is 3. The minimum absolute atomic E-state index is 0. The molecule has 1 aromatic rings. The van der Waals surface area contributed by atoms with E-state index < -0.39 is 0 Å². The van der Waals surface area contributed by atoms with Crippen LogP contribution in [0.15, 0.2) is 29.3 Å². The van der Waals surface area contributed by atoms with Crippen LogP contribution in [0.2, 0.25) is 5.02 Å². The van der Waals surface area contributed by atoms with Crippen LogP contribution in [0.5, 0.6) is 0 Å². The van der Waals surface area contributed by atoms with Crippen molar-refractivity contribution in [1.29, 1.82) is 0 Å². The van der Waals surface area contributed by atoms with Crippen molar-refractivity contribution in [2.24, 2.45) is 4.99 Å². The van der Waals surface area contributed by atoms with Gasteiger partial charge in [-0.1, -0.05) is 23.7 Å². The maximum absolute atomic E-state index is 6.03. The first-order valence-electron chi connectivity index (χ1n) is 8.74. The zero-order valence-corrected chi connectivity index (χ0v) is 18.6. The topological polar surface area (TPSA) is 42.9 Å². The molecule has 1 atom stereocenters. The second-order valence-corrected chi connectivity index (χ2v) is 6.86. The van der Waals surface area contributed by atoms with Crippen LogP contribution >= 0.6 is 35.6 Å². The lowest BCUT2D eigenvalue weighted by Gasteiger charge is -2.36.